The van der Waals surface area contributed by atoms with Crippen LogP contribution in [0, 0.1) is 17.3 Å². The molecule has 2 nitrogen and oxygen atoms in total. The van der Waals surface area contributed by atoms with Gasteiger partial charge in [-0.15, -0.1) is 0 Å². The van der Waals surface area contributed by atoms with Crippen molar-refractivity contribution in [2.24, 2.45) is 17.3 Å². The Kier molecular flexibility index (Phi) is 15.2. The smallest absolute Gasteiger partial charge is 0.200 e. The van der Waals surface area contributed by atoms with Crippen LogP contribution in [0.3, 0.4) is 0 Å². The number of rotatable bonds is 12. The van der Waals surface area contributed by atoms with E-state index in [0.717, 1.165) is 31.1 Å². The highest BCUT2D eigenvalue weighted by Crippen LogP contribution is 2.35. The van der Waals surface area contributed by atoms with Gasteiger partial charge in [0.2, 0.25) is 0 Å². The van der Waals surface area contributed by atoms with Crippen LogP contribution in [0.4, 0.5) is 0 Å². The van der Waals surface area contributed by atoms with Crippen molar-refractivity contribution >= 4 is 0 Å². The third-order valence-electron chi connectivity index (χ3n) is 5.71. The van der Waals surface area contributed by atoms with Gasteiger partial charge in [-0.2, -0.15) is 0 Å². The number of hydrogen-bond donors (Lipinski definition) is 0. The highest BCUT2D eigenvalue weighted by atomic mass is 16.7. The molecule has 0 aliphatic heterocycles. The van der Waals surface area contributed by atoms with Crippen LogP contribution < -0.4 is 4.74 Å². The highest BCUT2D eigenvalue weighted by Gasteiger charge is 2.22. The molecule has 0 fully saturated rings. The summed E-state index contributed by atoms with van der Waals surface area (Å²) in [6.07, 6.45) is 6.93. The lowest BCUT2D eigenvalue weighted by atomic mass is 9.78. The molecule has 1 aromatic carbocycles. The molecule has 0 amide bonds. The molecular weight excluding hydrogens is 368 g/mol. The lowest BCUT2D eigenvalue weighted by molar-refractivity contribution is -0.0940. The Bertz CT molecular complexity index is 512. The molecule has 0 aromatic heterocycles. The Balaban J connectivity index is 0.00000263. The first kappa shape index (κ1) is 29.0. The van der Waals surface area contributed by atoms with Gasteiger partial charge in [0.25, 0.3) is 0 Å². The van der Waals surface area contributed by atoms with Crippen LogP contribution in [0.1, 0.15) is 119 Å². The lowest BCUT2D eigenvalue weighted by Gasteiger charge is -2.28. The molecule has 176 valence electrons. The normalized spacial score (nSPS) is 14.6. The van der Waals surface area contributed by atoms with E-state index in [0.29, 0.717) is 11.8 Å². The van der Waals surface area contributed by atoms with Crippen molar-refractivity contribution in [2.75, 3.05) is 6.61 Å². The van der Waals surface area contributed by atoms with Crippen LogP contribution in [0.25, 0.3) is 0 Å². The Morgan fingerprint density at radius 3 is 1.87 bits per heavy atom. The standard InChI is InChI=1S/C25H44O2.C3H8/c1-9-11-21(10-2)16-17-26-24(18-19(3)4)27-23-14-12-22(13-15-23)20(5)25(6,7)8;1-3-2/h12-15,19-21,24H,9-11,16-18H2,1-8H3;3H2,1-2H3. The minimum atomic E-state index is -0.157. The second kappa shape index (κ2) is 15.7. The number of benzene rings is 1. The topological polar surface area (TPSA) is 18.5 Å². The molecule has 0 aliphatic carbocycles. The molecule has 3 unspecified atom stereocenters. The summed E-state index contributed by atoms with van der Waals surface area (Å²) in [5, 5.41) is 0. The summed E-state index contributed by atoms with van der Waals surface area (Å²) in [5.41, 5.74) is 1.63. The van der Waals surface area contributed by atoms with Crippen molar-refractivity contribution in [3.63, 3.8) is 0 Å². The van der Waals surface area contributed by atoms with Gasteiger partial charge in [0.15, 0.2) is 6.29 Å². The molecule has 0 bridgehead atoms. The van der Waals surface area contributed by atoms with Gasteiger partial charge in [0, 0.05) is 6.42 Å². The third-order valence-corrected chi connectivity index (χ3v) is 5.71. The molecule has 0 heterocycles. The summed E-state index contributed by atoms with van der Waals surface area (Å²) in [5.74, 6) is 2.74. The van der Waals surface area contributed by atoms with Crippen molar-refractivity contribution in [3.05, 3.63) is 29.8 Å². The minimum Gasteiger partial charge on any atom is -0.465 e. The average molecular weight is 421 g/mol. The molecule has 0 aliphatic rings. The predicted molar refractivity (Wildman–Crippen MR) is 133 cm³/mol. The molecule has 0 N–H and O–H groups in total. The quantitative estimate of drug-likeness (QED) is 0.314. The largest absolute Gasteiger partial charge is 0.465 e. The van der Waals surface area contributed by atoms with Crippen molar-refractivity contribution in [1.29, 1.82) is 0 Å². The maximum absolute atomic E-state index is 6.20. The average Bonchev–Trinajstić information content (AvgIpc) is 2.66. The molecule has 2 heteroatoms. The van der Waals surface area contributed by atoms with Crippen LogP contribution >= 0.6 is 0 Å². The molecule has 0 radical (unpaired) electrons. The van der Waals surface area contributed by atoms with Gasteiger partial charge in [-0.3, -0.25) is 0 Å². The zero-order chi connectivity index (χ0) is 23.2. The molecule has 0 saturated carbocycles. The van der Waals surface area contributed by atoms with Gasteiger partial charge in [-0.25, -0.2) is 0 Å². The van der Waals surface area contributed by atoms with E-state index in [2.05, 4.69) is 93.5 Å². The Labute approximate surface area is 189 Å². The highest BCUT2D eigenvalue weighted by molar-refractivity contribution is 5.30. The molecule has 3 atom stereocenters. The van der Waals surface area contributed by atoms with E-state index in [1.54, 1.807) is 0 Å². The van der Waals surface area contributed by atoms with Crippen LogP contribution in [-0.4, -0.2) is 12.9 Å². The minimum absolute atomic E-state index is 0.157. The second-order valence-corrected chi connectivity index (χ2v) is 10.3. The fourth-order valence-electron chi connectivity index (χ4n) is 3.35. The molecule has 0 spiro atoms. The molecular formula is C28H52O2. The summed E-state index contributed by atoms with van der Waals surface area (Å²) >= 11 is 0. The molecule has 0 saturated heterocycles. The molecule has 1 aromatic rings. The van der Waals surface area contributed by atoms with Crippen LogP contribution in [0.5, 0.6) is 5.75 Å². The summed E-state index contributed by atoms with van der Waals surface area (Å²) in [7, 11) is 0. The van der Waals surface area contributed by atoms with Gasteiger partial charge in [0.1, 0.15) is 5.75 Å². The van der Waals surface area contributed by atoms with Crippen molar-refractivity contribution < 1.29 is 9.47 Å². The molecule has 30 heavy (non-hydrogen) atoms. The summed E-state index contributed by atoms with van der Waals surface area (Å²) in [4.78, 5) is 0. The Hall–Kier alpha value is -1.02. The van der Waals surface area contributed by atoms with E-state index in [9.17, 15) is 0 Å². The van der Waals surface area contributed by atoms with Gasteiger partial charge < -0.3 is 9.47 Å². The monoisotopic (exact) mass is 420 g/mol. The van der Waals surface area contributed by atoms with E-state index < -0.39 is 0 Å². The summed E-state index contributed by atoms with van der Waals surface area (Å²) in [6.45, 7) is 23.2. The first-order valence-electron chi connectivity index (χ1n) is 12.5. The SMILES string of the molecule is CCC.CCCC(CC)CCOC(CC(C)C)Oc1ccc(C(C)C(C)(C)C)cc1. The number of hydrogen-bond acceptors (Lipinski definition) is 2. The summed E-state index contributed by atoms with van der Waals surface area (Å²) in [6, 6.07) is 8.60. The zero-order valence-corrected chi connectivity index (χ0v) is 21.9. The van der Waals surface area contributed by atoms with Crippen molar-refractivity contribution in [2.45, 2.75) is 120 Å². The van der Waals surface area contributed by atoms with E-state index in [4.69, 9.17) is 9.47 Å². The maximum atomic E-state index is 6.20. The van der Waals surface area contributed by atoms with Crippen LogP contribution in [0.2, 0.25) is 0 Å². The maximum Gasteiger partial charge on any atom is 0.200 e. The van der Waals surface area contributed by atoms with Crippen LogP contribution in [0.15, 0.2) is 24.3 Å². The Morgan fingerprint density at radius 1 is 0.867 bits per heavy atom. The van der Waals surface area contributed by atoms with Crippen molar-refractivity contribution in [1.82, 2.24) is 0 Å². The van der Waals surface area contributed by atoms with E-state index in [-0.39, 0.29) is 11.7 Å². The van der Waals surface area contributed by atoms with E-state index in [1.165, 1.54) is 31.2 Å². The van der Waals surface area contributed by atoms with Gasteiger partial charge in [-0.1, -0.05) is 107 Å². The third kappa shape index (κ3) is 12.6. The van der Waals surface area contributed by atoms with Crippen molar-refractivity contribution in [3.8, 4) is 5.75 Å². The number of ether oxygens (including phenoxy) is 2. The fourth-order valence-corrected chi connectivity index (χ4v) is 3.35. The first-order valence-corrected chi connectivity index (χ1v) is 12.5. The summed E-state index contributed by atoms with van der Waals surface area (Å²) < 4.78 is 12.3. The lowest BCUT2D eigenvalue weighted by Crippen LogP contribution is -2.24. The predicted octanol–water partition coefficient (Wildman–Crippen LogP) is 9.24. The van der Waals surface area contributed by atoms with Crippen LogP contribution in [-0.2, 0) is 4.74 Å². The Morgan fingerprint density at radius 2 is 1.43 bits per heavy atom. The van der Waals surface area contributed by atoms with Gasteiger partial charge in [0.05, 0.1) is 6.61 Å². The zero-order valence-electron chi connectivity index (χ0n) is 21.9. The van der Waals surface area contributed by atoms with Gasteiger partial charge in [-0.05, 0) is 47.3 Å². The first-order chi connectivity index (χ1) is 14.1. The second-order valence-electron chi connectivity index (χ2n) is 10.3. The fraction of sp³-hybridized carbons (Fsp3) is 0.786. The van der Waals surface area contributed by atoms with E-state index >= 15 is 0 Å². The molecule has 1 rings (SSSR count). The van der Waals surface area contributed by atoms with Gasteiger partial charge >= 0.3 is 0 Å². The van der Waals surface area contributed by atoms with E-state index in [1.807, 2.05) is 0 Å².